The Labute approximate surface area is 167 Å². The molecule has 0 atom stereocenters. The molecule has 1 aliphatic heterocycles. The molecule has 1 aliphatic rings. The predicted octanol–water partition coefficient (Wildman–Crippen LogP) is 4.51. The Morgan fingerprint density at radius 2 is 1.83 bits per heavy atom. The molecule has 1 heterocycles. The molecule has 2 aromatic carbocycles. The summed E-state index contributed by atoms with van der Waals surface area (Å²) in [5.74, 6) is -2.32. The second-order valence-corrected chi connectivity index (χ2v) is 7.55. The Kier molecular flexibility index (Phi) is 5.46. The van der Waals surface area contributed by atoms with E-state index < -0.39 is 34.9 Å². The molecule has 3 rings (SSSR count). The molecule has 0 spiro atoms. The lowest BCUT2D eigenvalue weighted by Gasteiger charge is -2.32. The highest BCUT2D eigenvalue weighted by Gasteiger charge is 2.29. The highest BCUT2D eigenvalue weighted by atomic mass is 19.1. The van der Waals surface area contributed by atoms with Crippen LogP contribution >= 0.6 is 0 Å². The van der Waals surface area contributed by atoms with E-state index in [4.69, 9.17) is 9.47 Å². The van der Waals surface area contributed by atoms with Crippen molar-refractivity contribution < 1.29 is 32.6 Å². The van der Waals surface area contributed by atoms with E-state index in [1.165, 1.54) is 4.90 Å². The van der Waals surface area contributed by atoms with Gasteiger partial charge in [-0.05, 0) is 32.9 Å². The van der Waals surface area contributed by atoms with Crippen LogP contribution in [0.15, 0.2) is 30.3 Å². The number of fused-ring (bicyclic) bond motifs is 1. The van der Waals surface area contributed by atoms with E-state index in [1.807, 2.05) is 0 Å². The third kappa shape index (κ3) is 4.31. The molecule has 1 amide bonds. The van der Waals surface area contributed by atoms with Crippen molar-refractivity contribution in [3.63, 3.8) is 0 Å². The van der Waals surface area contributed by atoms with Gasteiger partial charge in [-0.25, -0.2) is 18.4 Å². The van der Waals surface area contributed by atoms with Gasteiger partial charge in [0.1, 0.15) is 23.0 Å². The van der Waals surface area contributed by atoms with Crippen LogP contribution in [-0.2, 0) is 16.0 Å². The zero-order chi connectivity index (χ0) is 21.3. The summed E-state index contributed by atoms with van der Waals surface area (Å²) >= 11 is 0. The molecular formula is C21H21F2NO5. The van der Waals surface area contributed by atoms with E-state index in [0.29, 0.717) is 16.9 Å². The zero-order valence-corrected chi connectivity index (χ0v) is 16.5. The molecule has 6 nitrogen and oxygen atoms in total. The minimum atomic E-state index is -0.965. The Hall–Kier alpha value is -3.16. The maximum Gasteiger partial charge on any atom is 0.413 e. The summed E-state index contributed by atoms with van der Waals surface area (Å²) in [4.78, 5) is 25.2. The summed E-state index contributed by atoms with van der Waals surface area (Å²) in [6.07, 6.45) is -0.534. The lowest BCUT2D eigenvalue weighted by atomic mass is 9.98. The Morgan fingerprint density at radius 1 is 1.10 bits per heavy atom. The maximum atomic E-state index is 14.7. The summed E-state index contributed by atoms with van der Waals surface area (Å²) < 4.78 is 44.5. The number of ether oxygens (including phenoxy) is 3. The van der Waals surface area contributed by atoms with E-state index >= 15 is 0 Å². The first kappa shape index (κ1) is 20.6. The van der Waals surface area contributed by atoms with Gasteiger partial charge in [-0.1, -0.05) is 18.2 Å². The number of benzene rings is 2. The number of hydrogen-bond acceptors (Lipinski definition) is 5. The minimum absolute atomic E-state index is 0.0577. The number of esters is 1. The summed E-state index contributed by atoms with van der Waals surface area (Å²) in [5, 5.41) is 0. The number of rotatable bonds is 2. The molecule has 0 saturated heterocycles. The highest BCUT2D eigenvalue weighted by molar-refractivity contribution is 5.90. The quantitative estimate of drug-likeness (QED) is 0.688. The lowest BCUT2D eigenvalue weighted by Crippen LogP contribution is -2.40. The molecule has 0 unspecified atom stereocenters. The third-order valence-corrected chi connectivity index (χ3v) is 4.23. The smallest absolute Gasteiger partial charge is 0.413 e. The topological polar surface area (TPSA) is 65.1 Å². The zero-order valence-electron chi connectivity index (χ0n) is 16.5. The standard InChI is InChI=1S/C21H21F2NO5/c1-21(2,3)29-20(26)24-10-12-6-5-7-13(18(12)28-11-24)14-8-17(23)15(9-16(14)22)19(25)27-4/h5-9H,10-11H2,1-4H3. The molecule has 0 aliphatic carbocycles. The Balaban J connectivity index is 1.94. The fourth-order valence-electron chi connectivity index (χ4n) is 2.95. The fourth-order valence-corrected chi connectivity index (χ4v) is 2.95. The van der Waals surface area contributed by atoms with Crippen LogP contribution in [0.5, 0.6) is 5.75 Å². The first-order valence-electron chi connectivity index (χ1n) is 8.91. The number of carbonyl (C=O) groups is 2. The summed E-state index contributed by atoms with van der Waals surface area (Å²) in [6, 6.07) is 6.69. The number of halogens is 2. The van der Waals surface area contributed by atoms with Crippen molar-refractivity contribution in [1.82, 2.24) is 4.90 Å². The van der Waals surface area contributed by atoms with Crippen LogP contribution in [0.1, 0.15) is 36.7 Å². The Bertz CT molecular complexity index is 968. The molecule has 0 N–H and O–H groups in total. The first-order chi connectivity index (χ1) is 13.6. The molecule has 154 valence electrons. The van der Waals surface area contributed by atoms with Gasteiger partial charge in [-0.2, -0.15) is 0 Å². The molecule has 0 radical (unpaired) electrons. The van der Waals surface area contributed by atoms with E-state index in [0.717, 1.165) is 19.2 Å². The first-order valence-corrected chi connectivity index (χ1v) is 8.91. The van der Waals surface area contributed by atoms with Gasteiger partial charge in [-0.15, -0.1) is 0 Å². The number of carbonyl (C=O) groups excluding carboxylic acids is 2. The predicted molar refractivity (Wildman–Crippen MR) is 100 cm³/mol. The maximum absolute atomic E-state index is 14.7. The molecule has 0 bridgehead atoms. The second kappa shape index (κ2) is 7.69. The number of nitrogens with zero attached hydrogens (tertiary/aromatic N) is 1. The van der Waals surface area contributed by atoms with Gasteiger partial charge in [0.25, 0.3) is 0 Å². The number of hydrogen-bond donors (Lipinski definition) is 0. The van der Waals surface area contributed by atoms with Crippen molar-refractivity contribution >= 4 is 12.1 Å². The molecular weight excluding hydrogens is 384 g/mol. The van der Waals surface area contributed by atoms with Crippen LogP contribution in [-0.4, -0.2) is 36.4 Å². The van der Waals surface area contributed by atoms with Gasteiger partial charge < -0.3 is 14.2 Å². The molecule has 8 heteroatoms. The van der Waals surface area contributed by atoms with Crippen LogP contribution in [0.25, 0.3) is 11.1 Å². The average molecular weight is 405 g/mol. The van der Waals surface area contributed by atoms with Crippen LogP contribution in [0.4, 0.5) is 13.6 Å². The van der Waals surface area contributed by atoms with Crippen LogP contribution in [0.3, 0.4) is 0 Å². The van der Waals surface area contributed by atoms with E-state index in [2.05, 4.69) is 4.74 Å². The van der Waals surface area contributed by atoms with Crippen molar-refractivity contribution in [2.45, 2.75) is 32.9 Å². The van der Waals surface area contributed by atoms with E-state index in [1.54, 1.807) is 39.0 Å². The lowest BCUT2D eigenvalue weighted by molar-refractivity contribution is 0.00247. The van der Waals surface area contributed by atoms with Crippen molar-refractivity contribution in [3.8, 4) is 16.9 Å². The molecule has 0 saturated carbocycles. The van der Waals surface area contributed by atoms with Crippen molar-refractivity contribution in [2.24, 2.45) is 0 Å². The number of amides is 1. The van der Waals surface area contributed by atoms with Gasteiger partial charge in [0.05, 0.1) is 19.2 Å². The van der Waals surface area contributed by atoms with Crippen LogP contribution in [0, 0.1) is 11.6 Å². The molecule has 29 heavy (non-hydrogen) atoms. The van der Waals surface area contributed by atoms with E-state index in [-0.39, 0.29) is 18.8 Å². The number of para-hydroxylation sites is 1. The van der Waals surface area contributed by atoms with Gasteiger partial charge in [-0.3, -0.25) is 4.90 Å². The summed E-state index contributed by atoms with van der Waals surface area (Å²) in [5.41, 5.74) is -0.259. The van der Waals surface area contributed by atoms with Crippen molar-refractivity contribution in [2.75, 3.05) is 13.8 Å². The van der Waals surface area contributed by atoms with Crippen molar-refractivity contribution in [1.29, 1.82) is 0 Å². The van der Waals surface area contributed by atoms with Crippen LogP contribution < -0.4 is 4.74 Å². The SMILES string of the molecule is COC(=O)c1cc(F)c(-c2cccc3c2OCN(C(=O)OC(C)(C)C)C3)cc1F. The van der Waals surface area contributed by atoms with Crippen molar-refractivity contribution in [3.05, 3.63) is 53.1 Å². The van der Waals surface area contributed by atoms with Gasteiger partial charge in [0, 0.05) is 16.7 Å². The molecule has 2 aromatic rings. The monoisotopic (exact) mass is 405 g/mol. The van der Waals surface area contributed by atoms with Gasteiger partial charge in [0.2, 0.25) is 0 Å². The minimum Gasteiger partial charge on any atom is -0.472 e. The highest BCUT2D eigenvalue weighted by Crippen LogP contribution is 2.38. The Morgan fingerprint density at radius 3 is 2.48 bits per heavy atom. The third-order valence-electron chi connectivity index (χ3n) is 4.23. The second-order valence-electron chi connectivity index (χ2n) is 7.55. The number of methoxy groups -OCH3 is 1. The largest absolute Gasteiger partial charge is 0.472 e. The van der Waals surface area contributed by atoms with Crippen LogP contribution in [0.2, 0.25) is 0 Å². The average Bonchev–Trinajstić information content (AvgIpc) is 2.66. The fraction of sp³-hybridized carbons (Fsp3) is 0.333. The summed E-state index contributed by atoms with van der Waals surface area (Å²) in [7, 11) is 1.09. The van der Waals surface area contributed by atoms with Gasteiger partial charge >= 0.3 is 12.1 Å². The molecule has 0 fully saturated rings. The summed E-state index contributed by atoms with van der Waals surface area (Å²) in [6.45, 7) is 5.39. The van der Waals surface area contributed by atoms with E-state index in [9.17, 15) is 18.4 Å². The van der Waals surface area contributed by atoms with Gasteiger partial charge in [0.15, 0.2) is 6.73 Å². The normalized spacial score (nSPS) is 13.4. The molecule has 0 aromatic heterocycles.